The maximum Gasteiger partial charge on any atom is 0.410 e. The molecule has 2 amide bonds. The average Bonchev–Trinajstić information content (AvgIpc) is 2.94. The van der Waals surface area contributed by atoms with Gasteiger partial charge in [0.2, 0.25) is 11.8 Å². The smallest absolute Gasteiger partial charge is 0.410 e. The van der Waals surface area contributed by atoms with Crippen LogP contribution in [0.2, 0.25) is 0 Å². The van der Waals surface area contributed by atoms with Gasteiger partial charge in [0, 0.05) is 18.0 Å². The summed E-state index contributed by atoms with van der Waals surface area (Å²) in [5.74, 6) is 0.0202. The Morgan fingerprint density at radius 3 is 2.48 bits per heavy atom. The number of hydrogen-bond donors (Lipinski definition) is 1. The number of aromatic nitrogens is 1. The van der Waals surface area contributed by atoms with Gasteiger partial charge in [0.1, 0.15) is 11.6 Å². The Labute approximate surface area is 149 Å². The van der Waals surface area contributed by atoms with Crippen LogP contribution in [0, 0.1) is 0 Å². The van der Waals surface area contributed by atoms with E-state index < -0.39 is 17.7 Å². The Bertz CT molecular complexity index is 625. The first-order valence-corrected chi connectivity index (χ1v) is 8.75. The number of rotatable bonds is 2. The fourth-order valence-electron chi connectivity index (χ4n) is 2.64. The maximum absolute atomic E-state index is 12.7. The van der Waals surface area contributed by atoms with E-state index in [1.807, 2.05) is 41.5 Å². The Kier molecular flexibility index (Phi) is 5.44. The van der Waals surface area contributed by atoms with Crippen molar-refractivity contribution in [2.75, 3.05) is 11.9 Å². The first-order valence-electron chi connectivity index (χ1n) is 8.75. The SMILES string of the molecule is CC(C)(C)OC(=O)N1CCCCC1C(=O)Nc1cc(C(C)(C)C)no1. The number of anilines is 1. The van der Waals surface area contributed by atoms with Gasteiger partial charge in [-0.05, 0) is 40.0 Å². The Hall–Kier alpha value is -2.05. The van der Waals surface area contributed by atoms with Gasteiger partial charge < -0.3 is 9.26 Å². The monoisotopic (exact) mass is 351 g/mol. The first-order chi connectivity index (χ1) is 11.5. The van der Waals surface area contributed by atoms with Gasteiger partial charge in [0.25, 0.3) is 0 Å². The summed E-state index contributed by atoms with van der Waals surface area (Å²) in [7, 11) is 0. The zero-order valence-corrected chi connectivity index (χ0v) is 16.0. The summed E-state index contributed by atoms with van der Waals surface area (Å²) in [5, 5.41) is 6.73. The van der Waals surface area contributed by atoms with Crippen molar-refractivity contribution in [3.8, 4) is 0 Å². The van der Waals surface area contributed by atoms with Crippen molar-refractivity contribution in [3.05, 3.63) is 11.8 Å². The lowest BCUT2D eigenvalue weighted by Gasteiger charge is -2.35. The molecule has 1 fully saturated rings. The van der Waals surface area contributed by atoms with Crippen LogP contribution in [0.15, 0.2) is 10.6 Å². The van der Waals surface area contributed by atoms with Crippen LogP contribution in [0.5, 0.6) is 0 Å². The molecule has 2 rings (SSSR count). The van der Waals surface area contributed by atoms with E-state index in [4.69, 9.17) is 9.26 Å². The third kappa shape index (κ3) is 5.21. The largest absolute Gasteiger partial charge is 0.444 e. The van der Waals surface area contributed by atoms with Gasteiger partial charge in [-0.3, -0.25) is 15.0 Å². The van der Waals surface area contributed by atoms with Crippen molar-refractivity contribution in [3.63, 3.8) is 0 Å². The number of likely N-dealkylation sites (tertiary alicyclic amines) is 1. The molecule has 7 nitrogen and oxygen atoms in total. The molecule has 1 atom stereocenters. The minimum atomic E-state index is -0.595. The topological polar surface area (TPSA) is 84.7 Å². The first kappa shape index (κ1) is 19.3. The second-order valence-electron chi connectivity index (χ2n) is 8.50. The lowest BCUT2D eigenvalue weighted by atomic mass is 9.92. The molecule has 140 valence electrons. The van der Waals surface area contributed by atoms with Crippen LogP contribution in [0.3, 0.4) is 0 Å². The molecule has 0 spiro atoms. The summed E-state index contributed by atoms with van der Waals surface area (Å²) < 4.78 is 10.6. The number of nitrogens with zero attached hydrogens (tertiary/aromatic N) is 2. The van der Waals surface area contributed by atoms with Crippen LogP contribution in [0.4, 0.5) is 10.7 Å². The zero-order valence-electron chi connectivity index (χ0n) is 16.0. The van der Waals surface area contributed by atoms with Gasteiger partial charge >= 0.3 is 6.09 Å². The van der Waals surface area contributed by atoms with Gasteiger partial charge in [0.15, 0.2) is 0 Å². The number of ether oxygens (including phenoxy) is 1. The van der Waals surface area contributed by atoms with E-state index >= 15 is 0 Å². The molecule has 1 aromatic rings. The molecule has 25 heavy (non-hydrogen) atoms. The highest BCUT2D eigenvalue weighted by Crippen LogP contribution is 2.25. The van der Waals surface area contributed by atoms with E-state index in [1.165, 1.54) is 4.90 Å². The van der Waals surface area contributed by atoms with Crippen LogP contribution in [0.25, 0.3) is 0 Å². The lowest BCUT2D eigenvalue weighted by Crippen LogP contribution is -2.51. The zero-order chi connectivity index (χ0) is 18.8. The van der Waals surface area contributed by atoms with Crippen LogP contribution in [-0.2, 0) is 14.9 Å². The van der Waals surface area contributed by atoms with Crippen molar-refractivity contribution >= 4 is 17.9 Å². The van der Waals surface area contributed by atoms with Crippen molar-refractivity contribution in [1.82, 2.24) is 10.1 Å². The average molecular weight is 351 g/mol. The van der Waals surface area contributed by atoms with E-state index in [-0.39, 0.29) is 11.3 Å². The molecule has 1 saturated heterocycles. The third-order valence-electron chi connectivity index (χ3n) is 3.96. The molecule has 1 unspecified atom stereocenters. The van der Waals surface area contributed by atoms with Crippen molar-refractivity contribution in [1.29, 1.82) is 0 Å². The predicted molar refractivity (Wildman–Crippen MR) is 94.4 cm³/mol. The van der Waals surface area contributed by atoms with Crippen molar-refractivity contribution in [2.45, 2.75) is 77.9 Å². The Morgan fingerprint density at radius 1 is 1.24 bits per heavy atom. The molecular formula is C18H29N3O4. The summed E-state index contributed by atoms with van der Waals surface area (Å²) in [6.07, 6.45) is 1.89. The number of hydrogen-bond acceptors (Lipinski definition) is 5. The lowest BCUT2D eigenvalue weighted by molar-refractivity contribution is -0.122. The minimum Gasteiger partial charge on any atom is -0.444 e. The highest BCUT2D eigenvalue weighted by atomic mass is 16.6. The molecule has 1 aliphatic rings. The van der Waals surface area contributed by atoms with Gasteiger partial charge in [-0.1, -0.05) is 25.9 Å². The molecule has 2 heterocycles. The van der Waals surface area contributed by atoms with Gasteiger partial charge in [-0.2, -0.15) is 0 Å². The summed E-state index contributed by atoms with van der Waals surface area (Å²) in [6, 6.07) is 1.16. The van der Waals surface area contributed by atoms with Crippen LogP contribution >= 0.6 is 0 Å². The summed E-state index contributed by atoms with van der Waals surface area (Å²) in [4.78, 5) is 26.6. The standard InChI is InChI=1S/C18H29N3O4/c1-17(2,3)13-11-14(25-20-13)19-15(22)12-9-7-8-10-21(12)16(23)24-18(4,5)6/h11-12H,7-10H2,1-6H3,(H,19,22). The number of carbonyl (C=O) groups is 2. The summed E-state index contributed by atoms with van der Waals surface area (Å²) >= 11 is 0. The molecule has 7 heteroatoms. The van der Waals surface area contributed by atoms with Crippen molar-refractivity contribution < 1.29 is 18.8 Å². The van der Waals surface area contributed by atoms with Gasteiger partial charge in [-0.25, -0.2) is 4.79 Å². The second-order valence-corrected chi connectivity index (χ2v) is 8.50. The number of amides is 2. The fourth-order valence-corrected chi connectivity index (χ4v) is 2.64. The number of piperidine rings is 1. The fraction of sp³-hybridized carbons (Fsp3) is 0.722. The van der Waals surface area contributed by atoms with Crippen LogP contribution in [0.1, 0.15) is 66.5 Å². The molecule has 0 radical (unpaired) electrons. The van der Waals surface area contributed by atoms with E-state index in [2.05, 4.69) is 10.5 Å². The summed E-state index contributed by atoms with van der Waals surface area (Å²) in [5.41, 5.74) is -0.00227. The van der Waals surface area contributed by atoms with E-state index in [9.17, 15) is 9.59 Å². The molecule has 0 saturated carbocycles. The number of carbonyl (C=O) groups excluding carboxylic acids is 2. The Balaban J connectivity index is 2.07. The third-order valence-corrected chi connectivity index (χ3v) is 3.96. The molecule has 1 N–H and O–H groups in total. The molecule has 1 aliphatic heterocycles. The van der Waals surface area contributed by atoms with Crippen molar-refractivity contribution in [2.24, 2.45) is 0 Å². The minimum absolute atomic E-state index is 0.167. The highest BCUT2D eigenvalue weighted by molar-refractivity contribution is 5.95. The number of nitrogens with one attached hydrogen (secondary N) is 1. The second kappa shape index (κ2) is 7.06. The molecular weight excluding hydrogens is 322 g/mol. The predicted octanol–water partition coefficient (Wildman–Crippen LogP) is 3.70. The quantitative estimate of drug-likeness (QED) is 0.878. The molecule has 1 aromatic heterocycles. The van der Waals surface area contributed by atoms with E-state index in [0.717, 1.165) is 18.5 Å². The molecule has 0 aromatic carbocycles. The molecule has 0 aliphatic carbocycles. The highest BCUT2D eigenvalue weighted by Gasteiger charge is 2.35. The summed E-state index contributed by atoms with van der Waals surface area (Å²) in [6.45, 7) is 12.0. The van der Waals surface area contributed by atoms with E-state index in [1.54, 1.807) is 6.07 Å². The van der Waals surface area contributed by atoms with E-state index in [0.29, 0.717) is 18.8 Å². The van der Waals surface area contributed by atoms with Gasteiger partial charge in [-0.15, -0.1) is 0 Å². The van der Waals surface area contributed by atoms with Gasteiger partial charge in [0.05, 0.1) is 5.69 Å². The maximum atomic E-state index is 12.7. The normalized spacial score (nSPS) is 18.8. The Morgan fingerprint density at radius 2 is 1.92 bits per heavy atom. The van der Waals surface area contributed by atoms with Crippen LogP contribution < -0.4 is 5.32 Å². The van der Waals surface area contributed by atoms with Crippen LogP contribution in [-0.4, -0.2) is 40.2 Å². The molecule has 0 bridgehead atoms.